The van der Waals surface area contributed by atoms with Crippen LogP contribution < -0.4 is 9.04 Å². The number of rotatable bonds is 7. The third-order valence-electron chi connectivity index (χ3n) is 6.37. The summed E-state index contributed by atoms with van der Waals surface area (Å²) in [5, 5.41) is 9.85. The lowest BCUT2D eigenvalue weighted by Crippen LogP contribution is -2.47. The third-order valence-corrected chi connectivity index (χ3v) is 8.25. The molecule has 0 radical (unpaired) electrons. The summed E-state index contributed by atoms with van der Waals surface area (Å²) < 4.78 is 34.5. The fourth-order valence-corrected chi connectivity index (χ4v) is 6.33. The van der Waals surface area contributed by atoms with E-state index < -0.39 is 10.0 Å². The van der Waals surface area contributed by atoms with E-state index in [-0.39, 0.29) is 11.8 Å². The van der Waals surface area contributed by atoms with Crippen LogP contribution in [0.5, 0.6) is 11.5 Å². The molecule has 1 aliphatic rings. The van der Waals surface area contributed by atoms with Crippen molar-refractivity contribution in [3.63, 3.8) is 0 Å². The number of nitrogens with zero attached hydrogens (tertiary/aromatic N) is 2. The number of sulfonamides is 1. The van der Waals surface area contributed by atoms with E-state index in [9.17, 15) is 13.5 Å². The lowest BCUT2D eigenvalue weighted by molar-refractivity contribution is 0.206. The standard InChI is InChI=1S/C27H32N2O4S/c1-20-7-10-23(11-8-20)29(34(31,32)25-6-4-5-21(2)17-25)24-13-15-28(16-14-24)19-22-9-12-26(30)27(18-22)33-3/h4-12,17-18,24,30H,13-16,19H2,1-3H3. The van der Waals surface area contributed by atoms with E-state index in [1.165, 1.54) is 0 Å². The van der Waals surface area contributed by atoms with Crippen LogP contribution in [-0.4, -0.2) is 44.7 Å². The lowest BCUT2D eigenvalue weighted by atomic mass is 10.0. The maximum Gasteiger partial charge on any atom is 0.264 e. The molecule has 3 aromatic rings. The molecule has 0 aliphatic carbocycles. The van der Waals surface area contributed by atoms with Crippen molar-refractivity contribution in [3.05, 3.63) is 83.4 Å². The first-order valence-electron chi connectivity index (χ1n) is 11.5. The fraction of sp³-hybridized carbons (Fsp3) is 0.333. The maximum absolute atomic E-state index is 13.8. The van der Waals surface area contributed by atoms with Gasteiger partial charge in [0.15, 0.2) is 11.5 Å². The number of aromatic hydroxyl groups is 1. The topological polar surface area (TPSA) is 70.1 Å². The van der Waals surface area contributed by atoms with E-state index in [0.29, 0.717) is 16.3 Å². The van der Waals surface area contributed by atoms with E-state index in [4.69, 9.17) is 4.74 Å². The molecule has 1 N–H and O–H groups in total. The molecule has 1 saturated heterocycles. The summed E-state index contributed by atoms with van der Waals surface area (Å²) >= 11 is 0. The third kappa shape index (κ3) is 5.21. The molecule has 0 bridgehead atoms. The van der Waals surface area contributed by atoms with Crippen LogP contribution in [0.1, 0.15) is 29.5 Å². The van der Waals surface area contributed by atoms with Gasteiger partial charge in [0.05, 0.1) is 17.7 Å². The molecule has 1 aliphatic heterocycles. The van der Waals surface area contributed by atoms with Gasteiger partial charge in [-0.2, -0.15) is 0 Å². The largest absolute Gasteiger partial charge is 0.504 e. The SMILES string of the molecule is COc1cc(CN2CCC(N(c3ccc(C)cc3)S(=O)(=O)c3cccc(C)c3)CC2)ccc1O. The summed E-state index contributed by atoms with van der Waals surface area (Å²) in [7, 11) is -2.17. The number of piperidine rings is 1. The van der Waals surface area contributed by atoms with Crippen molar-refractivity contribution in [2.75, 3.05) is 24.5 Å². The van der Waals surface area contributed by atoms with Crippen molar-refractivity contribution in [1.82, 2.24) is 4.90 Å². The van der Waals surface area contributed by atoms with Crippen LogP contribution >= 0.6 is 0 Å². The zero-order chi connectivity index (χ0) is 24.3. The highest BCUT2D eigenvalue weighted by Gasteiger charge is 2.34. The molecule has 1 heterocycles. The molecule has 4 rings (SSSR count). The van der Waals surface area contributed by atoms with Gasteiger partial charge in [-0.3, -0.25) is 9.21 Å². The highest BCUT2D eigenvalue weighted by Crippen LogP contribution is 2.32. The van der Waals surface area contributed by atoms with Crippen molar-refractivity contribution in [3.8, 4) is 11.5 Å². The first kappa shape index (κ1) is 24.1. The first-order chi connectivity index (χ1) is 16.3. The molecule has 1 fully saturated rings. The number of phenolic OH excluding ortho intramolecular Hbond substituents is 1. The Bertz CT molecular complexity index is 1230. The van der Waals surface area contributed by atoms with Gasteiger partial charge in [0.2, 0.25) is 0 Å². The summed E-state index contributed by atoms with van der Waals surface area (Å²) in [5.41, 5.74) is 3.77. The molecule has 0 aromatic heterocycles. The molecule has 7 heteroatoms. The second-order valence-electron chi connectivity index (χ2n) is 8.97. The molecular weight excluding hydrogens is 448 g/mol. The number of likely N-dealkylation sites (tertiary alicyclic amines) is 1. The molecule has 0 atom stereocenters. The number of hydrogen-bond acceptors (Lipinski definition) is 5. The Labute approximate surface area is 202 Å². The van der Waals surface area contributed by atoms with E-state index in [1.807, 2.05) is 56.3 Å². The Morgan fingerprint density at radius 1 is 0.971 bits per heavy atom. The lowest BCUT2D eigenvalue weighted by Gasteiger charge is -2.39. The van der Waals surface area contributed by atoms with Gasteiger partial charge in [0.1, 0.15) is 0 Å². The number of ether oxygens (including phenoxy) is 1. The normalized spacial score (nSPS) is 15.3. The minimum absolute atomic E-state index is 0.125. The van der Waals surface area contributed by atoms with Crippen molar-refractivity contribution < 1.29 is 18.3 Å². The predicted octanol–water partition coefficient (Wildman–Crippen LogP) is 4.88. The van der Waals surface area contributed by atoms with E-state index in [1.54, 1.807) is 35.7 Å². The predicted molar refractivity (Wildman–Crippen MR) is 135 cm³/mol. The van der Waals surface area contributed by atoms with Gasteiger partial charge in [0, 0.05) is 25.7 Å². The smallest absolute Gasteiger partial charge is 0.264 e. The summed E-state index contributed by atoms with van der Waals surface area (Å²) in [6.07, 6.45) is 1.46. The van der Waals surface area contributed by atoms with Crippen LogP contribution in [-0.2, 0) is 16.6 Å². The molecule has 0 saturated carbocycles. The average Bonchev–Trinajstić information content (AvgIpc) is 2.83. The van der Waals surface area contributed by atoms with Crippen molar-refractivity contribution in [2.45, 2.75) is 44.2 Å². The van der Waals surface area contributed by atoms with E-state index >= 15 is 0 Å². The summed E-state index contributed by atoms with van der Waals surface area (Å²) in [6, 6.07) is 20.1. The molecule has 180 valence electrons. The Balaban J connectivity index is 1.56. The van der Waals surface area contributed by atoms with Gasteiger partial charge < -0.3 is 9.84 Å². The minimum Gasteiger partial charge on any atom is -0.504 e. The van der Waals surface area contributed by atoms with Gasteiger partial charge in [-0.1, -0.05) is 35.9 Å². The molecule has 0 spiro atoms. The van der Waals surface area contributed by atoms with Crippen molar-refractivity contribution in [2.24, 2.45) is 0 Å². The monoisotopic (exact) mass is 480 g/mol. The summed E-state index contributed by atoms with van der Waals surface area (Å²) in [5.74, 6) is 0.585. The highest BCUT2D eigenvalue weighted by molar-refractivity contribution is 7.92. The van der Waals surface area contributed by atoms with Crippen LogP contribution in [0.25, 0.3) is 0 Å². The number of hydrogen-bond donors (Lipinski definition) is 1. The highest BCUT2D eigenvalue weighted by atomic mass is 32.2. The molecule has 6 nitrogen and oxygen atoms in total. The molecule has 3 aromatic carbocycles. The van der Waals surface area contributed by atoms with Crippen LogP contribution in [0.2, 0.25) is 0 Å². The number of aryl methyl sites for hydroxylation is 2. The summed E-state index contributed by atoms with van der Waals surface area (Å²) in [6.45, 7) is 6.18. The fourth-order valence-electron chi connectivity index (χ4n) is 4.52. The molecule has 0 unspecified atom stereocenters. The summed E-state index contributed by atoms with van der Waals surface area (Å²) in [4.78, 5) is 2.64. The number of methoxy groups -OCH3 is 1. The molecule has 34 heavy (non-hydrogen) atoms. The zero-order valence-electron chi connectivity index (χ0n) is 19.9. The Kier molecular flexibility index (Phi) is 7.14. The van der Waals surface area contributed by atoms with E-state index in [2.05, 4.69) is 4.90 Å². The van der Waals surface area contributed by atoms with Gasteiger partial charge in [-0.05, 0) is 74.2 Å². The van der Waals surface area contributed by atoms with Gasteiger partial charge >= 0.3 is 0 Å². The van der Waals surface area contributed by atoms with Crippen LogP contribution in [0, 0.1) is 13.8 Å². The van der Waals surface area contributed by atoms with Crippen LogP contribution in [0.4, 0.5) is 5.69 Å². The number of anilines is 1. The van der Waals surface area contributed by atoms with Gasteiger partial charge in [0.25, 0.3) is 10.0 Å². The van der Waals surface area contributed by atoms with Gasteiger partial charge in [-0.15, -0.1) is 0 Å². The Morgan fingerprint density at radius 3 is 2.32 bits per heavy atom. The molecule has 0 amide bonds. The Morgan fingerprint density at radius 2 is 1.68 bits per heavy atom. The second kappa shape index (κ2) is 10.1. The second-order valence-corrected chi connectivity index (χ2v) is 10.8. The minimum atomic E-state index is -3.71. The number of benzene rings is 3. The Hall–Kier alpha value is -3.03. The van der Waals surface area contributed by atoms with Crippen LogP contribution in [0.15, 0.2) is 71.6 Å². The first-order valence-corrected chi connectivity index (χ1v) is 13.0. The number of phenols is 1. The van der Waals surface area contributed by atoms with Crippen molar-refractivity contribution in [1.29, 1.82) is 0 Å². The quantitative estimate of drug-likeness (QED) is 0.522. The average molecular weight is 481 g/mol. The van der Waals surface area contributed by atoms with E-state index in [0.717, 1.165) is 49.2 Å². The maximum atomic E-state index is 13.8. The zero-order valence-corrected chi connectivity index (χ0v) is 20.8. The van der Waals surface area contributed by atoms with Crippen molar-refractivity contribution >= 4 is 15.7 Å². The molecular formula is C27H32N2O4S. The van der Waals surface area contributed by atoms with Gasteiger partial charge in [-0.25, -0.2) is 8.42 Å². The van der Waals surface area contributed by atoms with Crippen LogP contribution in [0.3, 0.4) is 0 Å².